The molecule has 1 aromatic carbocycles. The second-order valence-electron chi connectivity index (χ2n) is 8.61. The summed E-state index contributed by atoms with van der Waals surface area (Å²) in [6, 6.07) is 5.17. The van der Waals surface area contributed by atoms with Crippen molar-refractivity contribution in [1.82, 2.24) is 0 Å². The molecule has 3 rings (SSSR count). The maximum atomic E-state index is 5.12. The zero-order chi connectivity index (χ0) is 17.6. The summed E-state index contributed by atoms with van der Waals surface area (Å²) in [6.45, 7) is 4.69. The van der Waals surface area contributed by atoms with E-state index < -0.39 is 0 Å². The number of thiol groups is 1. The molecule has 0 saturated heterocycles. The van der Waals surface area contributed by atoms with Crippen LogP contribution in [0.4, 0.5) is 0 Å². The molecule has 0 nitrogen and oxygen atoms in total. The molecule has 0 heterocycles. The van der Waals surface area contributed by atoms with Gasteiger partial charge in [-0.25, -0.2) is 0 Å². The summed E-state index contributed by atoms with van der Waals surface area (Å²) in [4.78, 5) is 1.35. The Kier molecular flexibility index (Phi) is 7.34. The SMILES string of the molecule is CCCC(CC)c1cc(C2CCCCC2)cc(C2CCCCC2)c1S. The van der Waals surface area contributed by atoms with E-state index in [-0.39, 0.29) is 0 Å². The zero-order valence-electron chi connectivity index (χ0n) is 16.5. The van der Waals surface area contributed by atoms with Crippen LogP contribution in [-0.2, 0) is 0 Å². The molecule has 0 bridgehead atoms. The van der Waals surface area contributed by atoms with E-state index in [9.17, 15) is 0 Å². The van der Waals surface area contributed by atoms with Crippen molar-refractivity contribution in [2.45, 2.75) is 120 Å². The summed E-state index contributed by atoms with van der Waals surface area (Å²) in [6.07, 6.45) is 17.9. The molecule has 2 saturated carbocycles. The first kappa shape index (κ1) is 19.3. The minimum atomic E-state index is 0.698. The van der Waals surface area contributed by atoms with Gasteiger partial charge in [-0.15, -0.1) is 12.6 Å². The lowest BCUT2D eigenvalue weighted by Crippen LogP contribution is -2.12. The van der Waals surface area contributed by atoms with Crippen LogP contribution >= 0.6 is 12.6 Å². The van der Waals surface area contributed by atoms with Crippen molar-refractivity contribution in [3.63, 3.8) is 0 Å². The van der Waals surface area contributed by atoms with Crippen LogP contribution < -0.4 is 0 Å². The average Bonchev–Trinajstić information content (AvgIpc) is 2.68. The second kappa shape index (κ2) is 9.49. The first-order chi connectivity index (χ1) is 12.2. The van der Waals surface area contributed by atoms with Gasteiger partial charge in [-0.1, -0.05) is 70.9 Å². The number of benzene rings is 1. The van der Waals surface area contributed by atoms with E-state index in [0.717, 1.165) is 11.8 Å². The molecule has 0 radical (unpaired) electrons. The first-order valence-electron chi connectivity index (χ1n) is 11.1. The molecule has 0 aliphatic heterocycles. The van der Waals surface area contributed by atoms with E-state index in [1.165, 1.54) is 88.4 Å². The third kappa shape index (κ3) is 4.65. The minimum Gasteiger partial charge on any atom is -0.143 e. The van der Waals surface area contributed by atoms with Gasteiger partial charge in [0.1, 0.15) is 0 Å². The van der Waals surface area contributed by atoms with Gasteiger partial charge in [0.05, 0.1) is 0 Å². The van der Waals surface area contributed by atoms with Crippen molar-refractivity contribution >= 4 is 12.6 Å². The fourth-order valence-electron chi connectivity index (χ4n) is 5.34. The maximum absolute atomic E-state index is 5.12. The first-order valence-corrected chi connectivity index (χ1v) is 11.6. The van der Waals surface area contributed by atoms with Crippen molar-refractivity contribution < 1.29 is 0 Å². The molecule has 0 aromatic heterocycles. The molecule has 1 atom stereocenters. The van der Waals surface area contributed by atoms with E-state index in [0.29, 0.717) is 5.92 Å². The molecule has 2 aliphatic carbocycles. The highest BCUT2D eigenvalue weighted by Gasteiger charge is 2.25. The predicted octanol–water partition coefficient (Wildman–Crippen LogP) is 8.36. The van der Waals surface area contributed by atoms with Crippen LogP contribution in [0.2, 0.25) is 0 Å². The highest BCUT2D eigenvalue weighted by atomic mass is 32.1. The fraction of sp³-hybridized carbons (Fsp3) is 0.750. The van der Waals surface area contributed by atoms with Crippen LogP contribution in [0.3, 0.4) is 0 Å². The lowest BCUT2D eigenvalue weighted by molar-refractivity contribution is 0.430. The zero-order valence-corrected chi connectivity index (χ0v) is 17.4. The van der Waals surface area contributed by atoms with E-state index in [2.05, 4.69) is 26.0 Å². The van der Waals surface area contributed by atoms with Crippen molar-refractivity contribution in [3.8, 4) is 0 Å². The summed E-state index contributed by atoms with van der Waals surface area (Å²) in [5, 5.41) is 0. The van der Waals surface area contributed by atoms with Crippen LogP contribution in [-0.4, -0.2) is 0 Å². The third-order valence-corrected chi connectivity index (χ3v) is 7.40. The summed E-state index contributed by atoms with van der Waals surface area (Å²) in [5.74, 6) is 2.27. The van der Waals surface area contributed by atoms with Gasteiger partial charge in [-0.05, 0) is 73.0 Å². The van der Waals surface area contributed by atoms with Crippen LogP contribution in [0, 0.1) is 0 Å². The minimum absolute atomic E-state index is 0.698. The summed E-state index contributed by atoms with van der Waals surface area (Å²) >= 11 is 5.12. The van der Waals surface area contributed by atoms with E-state index in [4.69, 9.17) is 12.6 Å². The molecule has 1 unspecified atom stereocenters. The topological polar surface area (TPSA) is 0 Å². The molecule has 1 aromatic rings. The molecular weight excluding hydrogens is 320 g/mol. The van der Waals surface area contributed by atoms with Gasteiger partial charge in [-0.2, -0.15) is 0 Å². The molecule has 140 valence electrons. The molecule has 25 heavy (non-hydrogen) atoms. The van der Waals surface area contributed by atoms with Gasteiger partial charge >= 0.3 is 0 Å². The van der Waals surface area contributed by atoms with Crippen molar-refractivity contribution in [1.29, 1.82) is 0 Å². The second-order valence-corrected chi connectivity index (χ2v) is 9.06. The Morgan fingerprint density at radius 2 is 1.48 bits per heavy atom. The Morgan fingerprint density at radius 1 is 0.880 bits per heavy atom. The van der Waals surface area contributed by atoms with Crippen molar-refractivity contribution in [2.75, 3.05) is 0 Å². The third-order valence-electron chi connectivity index (χ3n) is 6.88. The molecule has 0 amide bonds. The van der Waals surface area contributed by atoms with Gasteiger partial charge in [0.2, 0.25) is 0 Å². The summed E-state index contributed by atoms with van der Waals surface area (Å²) in [7, 11) is 0. The molecule has 0 N–H and O–H groups in total. The van der Waals surface area contributed by atoms with E-state index in [1.807, 2.05) is 0 Å². The number of hydrogen-bond donors (Lipinski definition) is 1. The van der Waals surface area contributed by atoms with Gasteiger partial charge in [0, 0.05) is 4.90 Å². The van der Waals surface area contributed by atoms with E-state index >= 15 is 0 Å². The standard InChI is InChI=1S/C24H38S/c1-3-11-18(4-2)22-16-21(19-12-7-5-8-13-19)17-23(24(22)25)20-14-9-6-10-15-20/h16-20,25H,3-15H2,1-2H3. The highest BCUT2D eigenvalue weighted by molar-refractivity contribution is 7.80. The molecule has 2 aliphatic rings. The summed E-state index contributed by atoms with van der Waals surface area (Å²) in [5.41, 5.74) is 4.84. The summed E-state index contributed by atoms with van der Waals surface area (Å²) < 4.78 is 0. The lowest BCUT2D eigenvalue weighted by Gasteiger charge is -2.30. The average molecular weight is 359 g/mol. The number of rotatable bonds is 6. The van der Waals surface area contributed by atoms with Gasteiger partial charge in [0.15, 0.2) is 0 Å². The quantitative estimate of drug-likeness (QED) is 0.485. The van der Waals surface area contributed by atoms with Crippen LogP contribution in [0.15, 0.2) is 17.0 Å². The highest BCUT2D eigenvalue weighted by Crippen LogP contribution is 2.43. The molecule has 1 heteroatoms. The van der Waals surface area contributed by atoms with Gasteiger partial charge < -0.3 is 0 Å². The Morgan fingerprint density at radius 3 is 2.04 bits per heavy atom. The Balaban J connectivity index is 1.99. The van der Waals surface area contributed by atoms with Crippen LogP contribution in [0.25, 0.3) is 0 Å². The van der Waals surface area contributed by atoms with Crippen molar-refractivity contribution in [3.05, 3.63) is 28.8 Å². The Hall–Kier alpha value is -0.430. The van der Waals surface area contributed by atoms with Crippen LogP contribution in [0.5, 0.6) is 0 Å². The largest absolute Gasteiger partial charge is 0.143 e. The smallest absolute Gasteiger partial charge is 0.0110 e. The fourth-order valence-corrected chi connectivity index (χ4v) is 5.83. The maximum Gasteiger partial charge on any atom is 0.0110 e. The van der Waals surface area contributed by atoms with Gasteiger partial charge in [-0.3, -0.25) is 0 Å². The molecular formula is C24H38S. The Bertz CT molecular complexity index is 509. The Labute approximate surface area is 161 Å². The normalized spacial score (nSPS) is 21.4. The monoisotopic (exact) mass is 358 g/mol. The van der Waals surface area contributed by atoms with E-state index in [1.54, 1.807) is 16.7 Å². The van der Waals surface area contributed by atoms with Crippen molar-refractivity contribution in [2.24, 2.45) is 0 Å². The molecule has 0 spiro atoms. The number of hydrogen-bond acceptors (Lipinski definition) is 1. The van der Waals surface area contributed by atoms with Crippen LogP contribution in [0.1, 0.15) is 132 Å². The predicted molar refractivity (Wildman–Crippen MR) is 113 cm³/mol. The molecule has 2 fully saturated rings. The lowest BCUT2D eigenvalue weighted by atomic mass is 9.77. The van der Waals surface area contributed by atoms with Gasteiger partial charge in [0.25, 0.3) is 0 Å².